The molecule has 0 aromatic rings. The summed E-state index contributed by atoms with van der Waals surface area (Å²) in [6, 6.07) is 0. The maximum Gasteiger partial charge on any atom is 0.236 e. The first-order chi connectivity index (χ1) is 8.95. The van der Waals surface area contributed by atoms with Crippen LogP contribution in [0.3, 0.4) is 0 Å². The fraction of sp³-hybridized carbons (Fsp3) is 0.438. The topological polar surface area (TPSA) is 51.2 Å². The Bertz CT molecular complexity index is 383. The minimum Gasteiger partial charge on any atom is -0.288 e. The Morgan fingerprint density at radius 2 is 1.16 bits per heavy atom. The molecule has 0 amide bonds. The molecule has 0 aromatic carbocycles. The molecule has 0 unspecified atom stereocenters. The van der Waals surface area contributed by atoms with E-state index in [1.165, 1.54) is 18.6 Å². The van der Waals surface area contributed by atoms with Crippen LogP contribution >= 0.6 is 0 Å². The predicted molar refractivity (Wildman–Crippen MR) is 79.0 cm³/mol. The van der Waals surface area contributed by atoms with Gasteiger partial charge < -0.3 is 0 Å². The smallest absolute Gasteiger partial charge is 0.236 e. The monoisotopic (exact) mass is 264 g/mol. The molecule has 0 N–H and O–H groups in total. The molecule has 0 spiro atoms. The molecule has 1 saturated carbocycles. The van der Waals surface area contributed by atoms with Gasteiger partial charge in [0.25, 0.3) is 0 Å². The zero-order chi connectivity index (χ0) is 15.6. The van der Waals surface area contributed by atoms with E-state index in [0.29, 0.717) is 0 Å². The van der Waals surface area contributed by atoms with E-state index in [1.54, 1.807) is 13.8 Å². The van der Waals surface area contributed by atoms with Crippen molar-refractivity contribution in [3.05, 3.63) is 35.5 Å². The summed E-state index contributed by atoms with van der Waals surface area (Å²) in [4.78, 5) is 34.1. The molecule has 3 heteroatoms. The largest absolute Gasteiger partial charge is 0.288 e. The number of ketones is 3. The maximum absolute atomic E-state index is 11.5. The van der Waals surface area contributed by atoms with Crippen LogP contribution < -0.4 is 0 Å². The Balaban J connectivity index is 0. The standard InChI is InChI=1S/C11H10O3.C3H8.C2H6/c1-4-7-8(5-2)11(14)10(13)6(3)9(7)12;1-3-2;1-2/h4-5H,3H2,1-2H3;3H2,1-2H3;1-2H3/b7-4+,8-5+;;. The fourth-order valence-corrected chi connectivity index (χ4v) is 1.34. The predicted octanol–water partition coefficient (Wildman–Crippen LogP) is 3.60. The molecule has 0 saturated heterocycles. The van der Waals surface area contributed by atoms with E-state index in [9.17, 15) is 14.4 Å². The van der Waals surface area contributed by atoms with Crippen molar-refractivity contribution in [1.82, 2.24) is 0 Å². The van der Waals surface area contributed by atoms with E-state index in [2.05, 4.69) is 20.4 Å². The van der Waals surface area contributed by atoms with Crippen LogP contribution in [0.15, 0.2) is 35.5 Å². The maximum atomic E-state index is 11.5. The summed E-state index contributed by atoms with van der Waals surface area (Å²) in [5.74, 6) is -1.90. The molecule has 106 valence electrons. The van der Waals surface area contributed by atoms with Crippen molar-refractivity contribution in [2.45, 2.75) is 48.0 Å². The van der Waals surface area contributed by atoms with Gasteiger partial charge in [0.2, 0.25) is 11.6 Å². The van der Waals surface area contributed by atoms with Gasteiger partial charge in [-0.05, 0) is 13.8 Å². The Morgan fingerprint density at radius 3 is 1.47 bits per heavy atom. The molecule has 0 radical (unpaired) electrons. The second-order valence-electron chi connectivity index (χ2n) is 3.58. The van der Waals surface area contributed by atoms with E-state index in [4.69, 9.17) is 0 Å². The van der Waals surface area contributed by atoms with E-state index in [0.717, 1.165) is 0 Å². The number of hydrogen-bond donors (Lipinski definition) is 0. The molecule has 1 fully saturated rings. The normalized spacial score (nSPS) is 18.8. The fourth-order valence-electron chi connectivity index (χ4n) is 1.34. The summed E-state index contributed by atoms with van der Waals surface area (Å²) < 4.78 is 0. The van der Waals surface area contributed by atoms with Gasteiger partial charge in [0, 0.05) is 11.1 Å². The lowest BCUT2D eigenvalue weighted by molar-refractivity contribution is -0.134. The van der Waals surface area contributed by atoms with Crippen molar-refractivity contribution in [3.63, 3.8) is 0 Å². The number of carbonyl (C=O) groups excluding carboxylic acids is 3. The number of allylic oxidation sites excluding steroid dienone is 5. The van der Waals surface area contributed by atoms with E-state index in [-0.39, 0.29) is 16.7 Å². The first kappa shape index (κ1) is 19.6. The molecule has 1 aliphatic rings. The van der Waals surface area contributed by atoms with Crippen LogP contribution in [0, 0.1) is 0 Å². The van der Waals surface area contributed by atoms with E-state index < -0.39 is 17.3 Å². The van der Waals surface area contributed by atoms with Gasteiger partial charge in [-0.1, -0.05) is 52.8 Å². The van der Waals surface area contributed by atoms with Crippen LogP contribution in [0.25, 0.3) is 0 Å². The molecule has 0 aliphatic heterocycles. The number of Topliss-reactive ketones (excluding diaryl/α,β-unsaturated/α-hetero) is 3. The molecular formula is C16H24O3. The zero-order valence-electron chi connectivity index (χ0n) is 12.8. The van der Waals surface area contributed by atoms with Crippen molar-refractivity contribution in [2.24, 2.45) is 0 Å². The lowest BCUT2D eigenvalue weighted by Crippen LogP contribution is -2.31. The van der Waals surface area contributed by atoms with E-state index in [1.807, 2.05) is 13.8 Å². The van der Waals surface area contributed by atoms with Crippen LogP contribution in [-0.4, -0.2) is 17.3 Å². The second kappa shape index (κ2) is 10.2. The highest BCUT2D eigenvalue weighted by atomic mass is 16.2. The van der Waals surface area contributed by atoms with Crippen LogP contribution in [0.1, 0.15) is 48.0 Å². The Hall–Kier alpha value is -1.77. The zero-order valence-corrected chi connectivity index (χ0v) is 12.8. The van der Waals surface area contributed by atoms with Crippen molar-refractivity contribution in [3.8, 4) is 0 Å². The van der Waals surface area contributed by atoms with Gasteiger partial charge in [0.1, 0.15) is 0 Å². The molecule has 0 heterocycles. The Kier molecular flexibility index (Phi) is 10.5. The summed E-state index contributed by atoms with van der Waals surface area (Å²) in [6.45, 7) is 14.8. The first-order valence-corrected chi connectivity index (χ1v) is 6.61. The molecule has 1 aliphatic carbocycles. The third kappa shape index (κ3) is 4.78. The van der Waals surface area contributed by atoms with Crippen molar-refractivity contribution < 1.29 is 14.4 Å². The molecule has 0 bridgehead atoms. The molecular weight excluding hydrogens is 240 g/mol. The summed E-state index contributed by atoms with van der Waals surface area (Å²) >= 11 is 0. The quantitative estimate of drug-likeness (QED) is 0.381. The third-order valence-corrected chi connectivity index (χ3v) is 2.11. The van der Waals surface area contributed by atoms with E-state index >= 15 is 0 Å². The average Bonchev–Trinajstić information content (AvgIpc) is 2.43. The van der Waals surface area contributed by atoms with Gasteiger partial charge in [-0.2, -0.15) is 0 Å². The van der Waals surface area contributed by atoms with Crippen LogP contribution in [0.2, 0.25) is 0 Å². The number of rotatable bonds is 0. The number of hydrogen-bond acceptors (Lipinski definition) is 3. The lowest BCUT2D eigenvalue weighted by atomic mass is 9.83. The molecule has 3 nitrogen and oxygen atoms in total. The lowest BCUT2D eigenvalue weighted by Gasteiger charge is -2.15. The molecule has 0 atom stereocenters. The van der Waals surface area contributed by atoms with Crippen LogP contribution in [0.5, 0.6) is 0 Å². The first-order valence-electron chi connectivity index (χ1n) is 6.61. The second-order valence-corrected chi connectivity index (χ2v) is 3.58. The summed E-state index contributed by atoms with van der Waals surface area (Å²) in [7, 11) is 0. The summed E-state index contributed by atoms with van der Waals surface area (Å²) in [5.41, 5.74) is 0.200. The van der Waals surface area contributed by atoms with Crippen molar-refractivity contribution in [1.29, 1.82) is 0 Å². The molecule has 0 aromatic heterocycles. The van der Waals surface area contributed by atoms with Crippen molar-refractivity contribution in [2.75, 3.05) is 0 Å². The van der Waals surface area contributed by atoms with Gasteiger partial charge >= 0.3 is 0 Å². The van der Waals surface area contributed by atoms with Gasteiger partial charge in [-0.25, -0.2) is 0 Å². The minimum atomic E-state index is -0.797. The highest BCUT2D eigenvalue weighted by molar-refractivity contribution is 6.60. The summed E-state index contributed by atoms with van der Waals surface area (Å²) in [5, 5.41) is 0. The molecule has 19 heavy (non-hydrogen) atoms. The molecule has 1 rings (SSSR count). The Morgan fingerprint density at radius 1 is 0.842 bits per heavy atom. The van der Waals surface area contributed by atoms with Crippen molar-refractivity contribution >= 4 is 17.3 Å². The average molecular weight is 264 g/mol. The van der Waals surface area contributed by atoms with Crippen LogP contribution in [0.4, 0.5) is 0 Å². The van der Waals surface area contributed by atoms with Gasteiger partial charge in [-0.15, -0.1) is 0 Å². The SMILES string of the molecule is C=C1C(=O)C(=O)C(=C/C)/C(=C\C)C1=O.CC.CCC. The third-order valence-electron chi connectivity index (χ3n) is 2.11. The number of carbonyl (C=O) groups is 3. The van der Waals surface area contributed by atoms with Gasteiger partial charge in [-0.3, -0.25) is 14.4 Å². The van der Waals surface area contributed by atoms with Crippen LogP contribution in [-0.2, 0) is 14.4 Å². The Labute approximate surface area is 116 Å². The summed E-state index contributed by atoms with van der Waals surface area (Å²) in [6.07, 6.45) is 4.24. The minimum absolute atomic E-state index is 0.176. The highest BCUT2D eigenvalue weighted by Gasteiger charge is 2.35. The van der Waals surface area contributed by atoms with Gasteiger partial charge in [0.05, 0.1) is 5.57 Å². The highest BCUT2D eigenvalue weighted by Crippen LogP contribution is 2.23. The van der Waals surface area contributed by atoms with Gasteiger partial charge in [0.15, 0.2) is 5.78 Å².